The van der Waals surface area contributed by atoms with Gasteiger partial charge in [0.2, 0.25) is 11.8 Å². The number of likely N-dealkylation sites (N-methyl/N-ethyl adjacent to an activating group) is 1. The van der Waals surface area contributed by atoms with Crippen LogP contribution in [0.2, 0.25) is 13.1 Å². The number of aromatic amines is 1. The zero-order valence-corrected chi connectivity index (χ0v) is 32.3. The number of para-hydroxylation sites is 1. The maximum absolute atomic E-state index is 14.6. The van der Waals surface area contributed by atoms with Crippen LogP contribution in [0, 0.1) is 17.3 Å². The van der Waals surface area contributed by atoms with Gasteiger partial charge < -0.3 is 30.4 Å². The second-order valence-corrected chi connectivity index (χ2v) is 18.8. The van der Waals surface area contributed by atoms with E-state index in [4.69, 9.17) is 14.5 Å². The van der Waals surface area contributed by atoms with Gasteiger partial charge in [0.05, 0.1) is 37.9 Å². The van der Waals surface area contributed by atoms with Crippen molar-refractivity contribution in [3.63, 3.8) is 0 Å². The van der Waals surface area contributed by atoms with Crippen LogP contribution in [0.4, 0.5) is 0 Å². The van der Waals surface area contributed by atoms with Crippen LogP contribution in [-0.2, 0) is 31.8 Å². The predicted molar refractivity (Wildman–Crippen MR) is 202 cm³/mol. The first kappa shape index (κ1) is 35.5. The van der Waals surface area contributed by atoms with Crippen molar-refractivity contribution in [2.45, 2.75) is 81.6 Å². The Hall–Kier alpha value is -4.49. The second kappa shape index (κ2) is 13.4. The zero-order chi connectivity index (χ0) is 37.1. The molecule has 4 aromatic rings. The lowest BCUT2D eigenvalue weighted by Gasteiger charge is -2.64. The van der Waals surface area contributed by atoms with Gasteiger partial charge in [-0.25, -0.2) is 4.98 Å². The van der Waals surface area contributed by atoms with Crippen molar-refractivity contribution in [1.29, 1.82) is 0 Å². The molecule has 4 atom stereocenters. The minimum absolute atomic E-state index is 0.0510. The van der Waals surface area contributed by atoms with Crippen LogP contribution in [0.3, 0.4) is 0 Å². The van der Waals surface area contributed by atoms with Crippen molar-refractivity contribution in [3.05, 3.63) is 77.4 Å². The molecule has 2 aliphatic heterocycles. The molecular weight excluding hydrogens is 687 g/mol. The van der Waals surface area contributed by atoms with Crippen LogP contribution in [0.1, 0.15) is 79.4 Å². The van der Waals surface area contributed by atoms with Crippen molar-refractivity contribution in [2.75, 3.05) is 26.4 Å². The molecule has 4 N–H and O–H groups in total. The number of rotatable bonds is 11. The minimum atomic E-state index is -1.21. The Labute approximate surface area is 311 Å². The lowest BCUT2D eigenvalue weighted by atomic mass is 9.41. The Kier molecular flexibility index (Phi) is 9.00. The van der Waals surface area contributed by atoms with Gasteiger partial charge in [-0.15, -0.1) is 0 Å². The number of imidazole rings is 1. The summed E-state index contributed by atoms with van der Waals surface area (Å²) in [5.74, 6) is 1.73. The summed E-state index contributed by atoms with van der Waals surface area (Å²) in [7, 11) is 0.551. The highest BCUT2D eigenvalue weighted by atomic mass is 28.3. The Bertz CT molecular complexity index is 2040. The number of hydrogen-bond donors (Lipinski definition) is 4. The summed E-state index contributed by atoms with van der Waals surface area (Å²) in [6.45, 7) is 10.6. The highest BCUT2D eigenvalue weighted by Crippen LogP contribution is 2.66. The number of amides is 3. The number of benzene rings is 2. The molecule has 1 saturated heterocycles. The van der Waals surface area contributed by atoms with Gasteiger partial charge in [-0.3, -0.25) is 19.1 Å². The number of nitrogens with zero attached hydrogens (tertiary/aromatic N) is 3. The molecule has 3 aliphatic carbocycles. The van der Waals surface area contributed by atoms with Crippen molar-refractivity contribution in [2.24, 2.45) is 24.3 Å². The van der Waals surface area contributed by atoms with E-state index in [1.165, 1.54) is 0 Å². The molecule has 279 valence electrons. The van der Waals surface area contributed by atoms with E-state index in [0.29, 0.717) is 56.6 Å². The first-order valence-corrected chi connectivity index (χ1v) is 21.5. The highest BCUT2D eigenvalue weighted by Gasteiger charge is 2.63. The third-order valence-electron chi connectivity index (χ3n) is 12.9. The van der Waals surface area contributed by atoms with Crippen LogP contribution in [0.25, 0.3) is 11.0 Å². The van der Waals surface area contributed by atoms with Gasteiger partial charge in [-0.2, -0.15) is 5.10 Å². The minimum Gasteiger partial charge on any atom is -0.493 e. The van der Waals surface area contributed by atoms with Crippen LogP contribution < -0.4 is 20.7 Å². The van der Waals surface area contributed by atoms with E-state index in [-0.39, 0.29) is 29.1 Å². The standard InChI is InChI=1S/C40H50N7O5Si/c1-6-41-36(49)33(38-20-25(21-38)22-38)46-37(50)39(14-17-51-18-15-39)26-11-12-28-29(19-26)44-34(43-28)32(45-35(48)30-13-16-42-47(30)3)40(53(4)5)24(2)23-52-31-10-8-7-9-27(31)40/h7-13,16,19,24-25,32-33H,6,14-15,17-18,20-23H2,1-5H3,(H,41,49)(H,43,44)(H,45,48)(H,46,50)/t24?,25?,32-,33+,38?,40-/m1/s1. The van der Waals surface area contributed by atoms with Crippen molar-refractivity contribution < 1.29 is 23.9 Å². The Morgan fingerprint density at radius 2 is 1.81 bits per heavy atom. The summed E-state index contributed by atoms with van der Waals surface area (Å²) >= 11 is 0. The molecule has 4 fully saturated rings. The zero-order valence-electron chi connectivity index (χ0n) is 31.3. The molecule has 12 nitrogen and oxygen atoms in total. The molecule has 1 radical (unpaired) electrons. The summed E-state index contributed by atoms with van der Waals surface area (Å²) < 4.78 is 13.7. The fraction of sp³-hybridized carbons (Fsp3) is 0.525. The van der Waals surface area contributed by atoms with Gasteiger partial charge in [0, 0.05) is 49.0 Å². The first-order valence-electron chi connectivity index (χ1n) is 19.0. The van der Waals surface area contributed by atoms with E-state index < -0.39 is 31.3 Å². The average molecular weight is 737 g/mol. The van der Waals surface area contributed by atoms with Crippen LogP contribution in [-0.4, -0.2) is 78.7 Å². The average Bonchev–Trinajstić information content (AvgIpc) is 3.75. The maximum Gasteiger partial charge on any atom is 0.270 e. The fourth-order valence-corrected chi connectivity index (χ4v) is 12.6. The molecule has 13 heteroatoms. The molecule has 53 heavy (non-hydrogen) atoms. The number of carbonyl (C=O) groups excluding carboxylic acids is 3. The number of fused-ring (bicyclic) bond motifs is 2. The third-order valence-corrected chi connectivity index (χ3v) is 15.6. The predicted octanol–water partition coefficient (Wildman–Crippen LogP) is 4.50. The van der Waals surface area contributed by atoms with Gasteiger partial charge >= 0.3 is 0 Å². The van der Waals surface area contributed by atoms with E-state index in [0.717, 1.165) is 47.2 Å². The van der Waals surface area contributed by atoms with E-state index in [2.05, 4.69) is 52.1 Å². The molecule has 0 spiro atoms. The number of carbonyl (C=O) groups is 3. The Morgan fingerprint density at radius 3 is 2.47 bits per heavy atom. The normalized spacial score (nSPS) is 26.7. The lowest BCUT2D eigenvalue weighted by Crippen LogP contribution is -2.69. The fourth-order valence-electron chi connectivity index (χ4n) is 10.0. The van der Waals surface area contributed by atoms with E-state index in [1.807, 2.05) is 43.3 Å². The van der Waals surface area contributed by atoms with Crippen LogP contribution in [0.5, 0.6) is 5.75 Å². The van der Waals surface area contributed by atoms with Gasteiger partial charge in [0.15, 0.2) is 0 Å². The van der Waals surface area contributed by atoms with Crippen LogP contribution >= 0.6 is 0 Å². The van der Waals surface area contributed by atoms with Gasteiger partial charge in [-0.1, -0.05) is 44.3 Å². The number of hydrogen-bond acceptors (Lipinski definition) is 7. The Morgan fingerprint density at radius 1 is 1.06 bits per heavy atom. The Balaban J connectivity index is 1.20. The summed E-state index contributed by atoms with van der Waals surface area (Å²) in [4.78, 5) is 50.9. The summed E-state index contributed by atoms with van der Waals surface area (Å²) in [6.07, 6.45) is 5.59. The third kappa shape index (κ3) is 5.60. The SMILES string of the molecule is CCNC(=O)[C@H](NC(=O)C1(c2ccc3nc([C@@H](NC(=O)c4ccnn4C)[C@]4([Si](C)C)c5ccccc5OCC4C)[nH]c3c2)CCOCC1)C12CC(C1)C2. The molecule has 1 unspecified atom stereocenters. The molecule has 3 amide bonds. The summed E-state index contributed by atoms with van der Waals surface area (Å²) in [5, 5.41) is 13.5. The molecular formula is C40H50N7O5Si. The van der Waals surface area contributed by atoms with E-state index >= 15 is 0 Å². The topological polar surface area (TPSA) is 152 Å². The second-order valence-electron chi connectivity index (χ2n) is 16.0. The van der Waals surface area contributed by atoms with Gasteiger partial charge in [0.1, 0.15) is 23.3 Å². The van der Waals surface area contributed by atoms with Gasteiger partial charge in [-0.05, 0) is 80.7 Å². The monoisotopic (exact) mass is 736 g/mol. The number of aryl methyl sites for hydroxylation is 1. The molecule has 2 bridgehead atoms. The smallest absolute Gasteiger partial charge is 0.270 e. The van der Waals surface area contributed by atoms with Crippen molar-refractivity contribution in [1.82, 2.24) is 35.7 Å². The molecule has 3 saturated carbocycles. The quantitative estimate of drug-likeness (QED) is 0.166. The molecule has 5 aliphatic rings. The molecule has 4 heterocycles. The lowest BCUT2D eigenvalue weighted by molar-refractivity contribution is -0.162. The number of nitrogens with one attached hydrogen (secondary N) is 4. The van der Waals surface area contributed by atoms with Crippen molar-refractivity contribution >= 4 is 37.6 Å². The summed E-state index contributed by atoms with van der Waals surface area (Å²) in [6, 6.07) is 14.8. The van der Waals surface area contributed by atoms with Crippen molar-refractivity contribution in [3.8, 4) is 5.75 Å². The first-order chi connectivity index (χ1) is 25.5. The van der Waals surface area contributed by atoms with E-state index in [1.54, 1.807) is 24.0 Å². The molecule has 2 aromatic carbocycles. The highest BCUT2D eigenvalue weighted by molar-refractivity contribution is 6.60. The molecule has 2 aromatic heterocycles. The maximum atomic E-state index is 14.6. The molecule has 9 rings (SSSR count). The number of aromatic nitrogens is 4. The number of H-pyrrole nitrogens is 1. The summed E-state index contributed by atoms with van der Waals surface area (Å²) in [5.41, 5.74) is 2.88. The van der Waals surface area contributed by atoms with E-state index in [9.17, 15) is 14.4 Å². The number of ether oxygens (including phenoxy) is 2. The van der Waals surface area contributed by atoms with Gasteiger partial charge in [0.25, 0.3) is 5.91 Å². The van der Waals surface area contributed by atoms with Crippen LogP contribution in [0.15, 0.2) is 54.7 Å². The largest absolute Gasteiger partial charge is 0.493 e.